The molecule has 3 rings (SSSR count). The SMILES string of the molecule is Oc1nn(-c2ccccc2)c(-c2ccccc2)c1Br. The highest BCUT2D eigenvalue weighted by atomic mass is 79.9. The predicted molar refractivity (Wildman–Crippen MR) is 78.4 cm³/mol. The Hall–Kier alpha value is -2.07. The normalized spacial score (nSPS) is 10.6. The minimum Gasteiger partial charge on any atom is -0.491 e. The third-order valence-corrected chi connectivity index (χ3v) is 3.59. The molecule has 4 heteroatoms. The van der Waals surface area contributed by atoms with Gasteiger partial charge in [-0.25, -0.2) is 4.68 Å². The maximum Gasteiger partial charge on any atom is 0.245 e. The molecule has 0 unspecified atom stereocenters. The van der Waals surface area contributed by atoms with Crippen molar-refractivity contribution in [2.45, 2.75) is 0 Å². The van der Waals surface area contributed by atoms with Gasteiger partial charge in [0.25, 0.3) is 0 Å². The Morgan fingerprint density at radius 3 is 2.11 bits per heavy atom. The average Bonchev–Trinajstić information content (AvgIpc) is 2.77. The van der Waals surface area contributed by atoms with Gasteiger partial charge in [-0.1, -0.05) is 48.5 Å². The molecule has 1 aromatic heterocycles. The lowest BCUT2D eigenvalue weighted by Gasteiger charge is -2.07. The van der Waals surface area contributed by atoms with E-state index in [1.54, 1.807) is 4.68 Å². The number of para-hydroxylation sites is 1. The van der Waals surface area contributed by atoms with Gasteiger partial charge >= 0.3 is 0 Å². The highest BCUT2D eigenvalue weighted by Gasteiger charge is 2.17. The van der Waals surface area contributed by atoms with Gasteiger partial charge in [0, 0.05) is 5.56 Å². The van der Waals surface area contributed by atoms with Crippen LogP contribution >= 0.6 is 15.9 Å². The summed E-state index contributed by atoms with van der Waals surface area (Å²) in [6, 6.07) is 19.6. The number of benzene rings is 2. The summed E-state index contributed by atoms with van der Waals surface area (Å²) in [6.45, 7) is 0. The summed E-state index contributed by atoms with van der Waals surface area (Å²) in [5, 5.41) is 14.0. The number of nitrogens with zero attached hydrogens (tertiary/aromatic N) is 2. The van der Waals surface area contributed by atoms with Gasteiger partial charge < -0.3 is 5.11 Å². The first-order valence-electron chi connectivity index (χ1n) is 5.85. The van der Waals surface area contributed by atoms with Crippen LogP contribution in [0.2, 0.25) is 0 Å². The van der Waals surface area contributed by atoms with E-state index in [4.69, 9.17) is 0 Å². The Bertz CT molecular complexity index is 693. The lowest BCUT2D eigenvalue weighted by atomic mass is 10.1. The van der Waals surface area contributed by atoms with Crippen LogP contribution in [0.5, 0.6) is 5.88 Å². The number of aromatic nitrogens is 2. The molecule has 19 heavy (non-hydrogen) atoms. The number of rotatable bonds is 2. The molecule has 0 atom stereocenters. The highest BCUT2D eigenvalue weighted by Crippen LogP contribution is 2.36. The quantitative estimate of drug-likeness (QED) is 0.776. The molecule has 1 heterocycles. The maximum absolute atomic E-state index is 9.86. The number of hydrogen-bond donors (Lipinski definition) is 1. The maximum atomic E-state index is 9.86. The van der Waals surface area contributed by atoms with Crippen molar-refractivity contribution in [2.75, 3.05) is 0 Å². The fourth-order valence-electron chi connectivity index (χ4n) is 1.99. The van der Waals surface area contributed by atoms with Gasteiger partial charge in [-0.05, 0) is 28.1 Å². The van der Waals surface area contributed by atoms with Crippen molar-refractivity contribution in [1.82, 2.24) is 9.78 Å². The minimum absolute atomic E-state index is 0.0114. The summed E-state index contributed by atoms with van der Waals surface area (Å²) < 4.78 is 2.33. The standard InChI is InChI=1S/C15H11BrN2O/c16-13-14(11-7-3-1-4-8-11)18(17-15(13)19)12-9-5-2-6-10-12/h1-10H,(H,17,19). The van der Waals surface area contributed by atoms with Crippen molar-refractivity contribution >= 4 is 15.9 Å². The molecule has 0 amide bonds. The molecule has 0 fully saturated rings. The molecular weight excluding hydrogens is 304 g/mol. The van der Waals surface area contributed by atoms with E-state index in [0.717, 1.165) is 16.9 Å². The van der Waals surface area contributed by atoms with Crippen LogP contribution in [0.15, 0.2) is 65.1 Å². The molecule has 3 aromatic rings. The van der Waals surface area contributed by atoms with Crippen molar-refractivity contribution in [3.63, 3.8) is 0 Å². The molecule has 0 spiro atoms. The van der Waals surface area contributed by atoms with E-state index in [0.29, 0.717) is 4.47 Å². The minimum atomic E-state index is -0.0114. The second kappa shape index (κ2) is 4.90. The molecule has 1 N–H and O–H groups in total. The predicted octanol–water partition coefficient (Wildman–Crippen LogP) is 4.01. The van der Waals surface area contributed by atoms with Gasteiger partial charge in [-0.3, -0.25) is 0 Å². The first-order valence-corrected chi connectivity index (χ1v) is 6.65. The molecule has 0 bridgehead atoms. The van der Waals surface area contributed by atoms with E-state index in [2.05, 4.69) is 21.0 Å². The smallest absolute Gasteiger partial charge is 0.245 e. The molecule has 0 radical (unpaired) electrons. The van der Waals surface area contributed by atoms with Crippen LogP contribution in [-0.4, -0.2) is 14.9 Å². The van der Waals surface area contributed by atoms with Gasteiger partial charge in [-0.2, -0.15) is 0 Å². The Balaban J connectivity index is 2.25. The fourth-order valence-corrected chi connectivity index (χ4v) is 2.46. The van der Waals surface area contributed by atoms with E-state index >= 15 is 0 Å². The molecule has 94 valence electrons. The summed E-state index contributed by atoms with van der Waals surface area (Å²) >= 11 is 3.40. The molecule has 0 aliphatic carbocycles. The number of aromatic hydroxyl groups is 1. The third kappa shape index (κ3) is 2.15. The van der Waals surface area contributed by atoms with Crippen molar-refractivity contribution in [3.05, 3.63) is 65.1 Å². The zero-order valence-electron chi connectivity index (χ0n) is 9.99. The second-order valence-corrected chi connectivity index (χ2v) is 4.89. The van der Waals surface area contributed by atoms with Gasteiger partial charge in [0.05, 0.1) is 11.4 Å². The lowest BCUT2D eigenvalue weighted by Crippen LogP contribution is -1.98. The van der Waals surface area contributed by atoms with Gasteiger partial charge in [-0.15, -0.1) is 5.10 Å². The van der Waals surface area contributed by atoms with E-state index in [1.807, 2.05) is 60.7 Å². The van der Waals surface area contributed by atoms with E-state index in [1.165, 1.54) is 0 Å². The Labute approximate surface area is 119 Å². The van der Waals surface area contributed by atoms with Crippen LogP contribution in [0.4, 0.5) is 0 Å². The van der Waals surface area contributed by atoms with E-state index in [-0.39, 0.29) is 5.88 Å². The average molecular weight is 315 g/mol. The van der Waals surface area contributed by atoms with Crippen molar-refractivity contribution in [3.8, 4) is 22.8 Å². The number of hydrogen-bond acceptors (Lipinski definition) is 2. The fraction of sp³-hybridized carbons (Fsp3) is 0. The summed E-state index contributed by atoms with van der Waals surface area (Å²) in [7, 11) is 0. The first kappa shape index (κ1) is 12.0. The third-order valence-electron chi connectivity index (χ3n) is 2.86. The van der Waals surface area contributed by atoms with E-state index < -0.39 is 0 Å². The van der Waals surface area contributed by atoms with Gasteiger partial charge in [0.1, 0.15) is 4.47 Å². The summed E-state index contributed by atoms with van der Waals surface area (Å²) in [6.07, 6.45) is 0. The van der Waals surface area contributed by atoms with Crippen molar-refractivity contribution < 1.29 is 5.11 Å². The van der Waals surface area contributed by atoms with Crippen molar-refractivity contribution in [2.24, 2.45) is 0 Å². The zero-order valence-corrected chi connectivity index (χ0v) is 11.6. The first-order chi connectivity index (χ1) is 9.27. The lowest BCUT2D eigenvalue weighted by molar-refractivity contribution is 0.445. The van der Waals surface area contributed by atoms with Crippen LogP contribution in [-0.2, 0) is 0 Å². The van der Waals surface area contributed by atoms with Crippen LogP contribution in [0, 0.1) is 0 Å². The Kier molecular flexibility index (Phi) is 3.09. The second-order valence-electron chi connectivity index (χ2n) is 4.10. The largest absolute Gasteiger partial charge is 0.491 e. The topological polar surface area (TPSA) is 38.1 Å². The summed E-state index contributed by atoms with van der Waals surface area (Å²) in [5.41, 5.74) is 2.73. The molecule has 0 saturated carbocycles. The van der Waals surface area contributed by atoms with Gasteiger partial charge in [0.2, 0.25) is 5.88 Å². The van der Waals surface area contributed by atoms with Crippen LogP contribution in [0.25, 0.3) is 16.9 Å². The monoisotopic (exact) mass is 314 g/mol. The molecule has 0 saturated heterocycles. The molecule has 0 aliphatic heterocycles. The van der Waals surface area contributed by atoms with Crippen LogP contribution in [0.3, 0.4) is 0 Å². The zero-order chi connectivity index (χ0) is 13.2. The van der Waals surface area contributed by atoms with Gasteiger partial charge in [0.15, 0.2) is 0 Å². The van der Waals surface area contributed by atoms with Crippen LogP contribution in [0.1, 0.15) is 0 Å². The van der Waals surface area contributed by atoms with E-state index in [9.17, 15) is 5.11 Å². The highest BCUT2D eigenvalue weighted by molar-refractivity contribution is 9.10. The summed E-state index contributed by atoms with van der Waals surface area (Å²) in [5.74, 6) is -0.0114. The number of halogens is 1. The molecular formula is C15H11BrN2O. The molecule has 3 nitrogen and oxygen atoms in total. The van der Waals surface area contributed by atoms with Crippen LogP contribution < -0.4 is 0 Å². The molecule has 0 aliphatic rings. The Morgan fingerprint density at radius 1 is 0.895 bits per heavy atom. The summed E-state index contributed by atoms with van der Waals surface area (Å²) in [4.78, 5) is 0. The molecule has 2 aromatic carbocycles. The Morgan fingerprint density at radius 2 is 1.47 bits per heavy atom. The van der Waals surface area contributed by atoms with Crippen molar-refractivity contribution in [1.29, 1.82) is 0 Å².